The average molecular weight is 393 g/mol. The number of carboxylic acids is 1. The van der Waals surface area contributed by atoms with E-state index in [4.69, 9.17) is 0 Å². The summed E-state index contributed by atoms with van der Waals surface area (Å²) >= 11 is 1.40. The van der Waals surface area contributed by atoms with Crippen LogP contribution in [0.5, 0.6) is 0 Å². The lowest BCUT2D eigenvalue weighted by atomic mass is 9.73. The van der Waals surface area contributed by atoms with Crippen LogP contribution in [0, 0.1) is 0 Å². The molecule has 0 atom stereocenters. The highest BCUT2D eigenvalue weighted by Crippen LogP contribution is 2.36. The monoisotopic (exact) mass is 393 g/mol. The first-order chi connectivity index (χ1) is 13.6. The molecule has 1 aromatic carbocycles. The third-order valence-electron chi connectivity index (χ3n) is 5.27. The summed E-state index contributed by atoms with van der Waals surface area (Å²) in [5.74, 6) is -0.989. The molecule has 142 valence electrons. The van der Waals surface area contributed by atoms with Crippen LogP contribution in [0.15, 0.2) is 60.2 Å². The zero-order valence-corrected chi connectivity index (χ0v) is 15.9. The Morgan fingerprint density at radius 2 is 1.82 bits per heavy atom. The van der Waals surface area contributed by atoms with E-state index in [1.165, 1.54) is 11.3 Å². The van der Waals surface area contributed by atoms with Gasteiger partial charge in [0.2, 0.25) is 0 Å². The molecular weight excluding hydrogens is 374 g/mol. The standard InChI is InChI=1S/C21H19N3O3S/c25-19(17-14-28-18(23-17)15-5-4-10-22-13-15)24-11-8-21(9-12-24,20(26)27)16-6-2-1-3-7-16/h1-7,10,13-14H,8-9,11-12H2,(H,26,27). The third kappa shape index (κ3) is 3.29. The van der Waals surface area contributed by atoms with Crippen LogP contribution in [0.25, 0.3) is 10.6 Å². The number of likely N-dealkylation sites (tertiary alicyclic amines) is 1. The Labute approximate surface area is 166 Å². The van der Waals surface area contributed by atoms with Crippen molar-refractivity contribution in [2.45, 2.75) is 18.3 Å². The minimum Gasteiger partial charge on any atom is -0.481 e. The second-order valence-electron chi connectivity index (χ2n) is 6.83. The second kappa shape index (κ2) is 7.52. The molecule has 0 aliphatic carbocycles. The van der Waals surface area contributed by atoms with Crippen molar-refractivity contribution in [2.75, 3.05) is 13.1 Å². The maximum absolute atomic E-state index is 12.9. The van der Waals surface area contributed by atoms with Gasteiger partial charge in [-0.15, -0.1) is 11.3 Å². The number of carbonyl (C=O) groups excluding carboxylic acids is 1. The molecule has 28 heavy (non-hydrogen) atoms. The molecule has 0 unspecified atom stereocenters. The van der Waals surface area contributed by atoms with Crippen LogP contribution in [0.2, 0.25) is 0 Å². The van der Waals surface area contributed by atoms with Gasteiger partial charge in [0, 0.05) is 36.4 Å². The predicted molar refractivity (Wildman–Crippen MR) is 106 cm³/mol. The van der Waals surface area contributed by atoms with E-state index in [1.54, 1.807) is 22.7 Å². The number of hydrogen-bond donors (Lipinski definition) is 1. The fourth-order valence-electron chi connectivity index (χ4n) is 3.63. The largest absolute Gasteiger partial charge is 0.481 e. The van der Waals surface area contributed by atoms with Crippen LogP contribution in [0.4, 0.5) is 0 Å². The lowest BCUT2D eigenvalue weighted by Gasteiger charge is -2.39. The van der Waals surface area contributed by atoms with Gasteiger partial charge in [-0.25, -0.2) is 4.98 Å². The van der Waals surface area contributed by atoms with Gasteiger partial charge in [-0.2, -0.15) is 0 Å². The maximum atomic E-state index is 12.9. The Morgan fingerprint density at radius 3 is 2.46 bits per heavy atom. The Bertz CT molecular complexity index is 980. The number of thiazole rings is 1. The van der Waals surface area contributed by atoms with E-state index in [0.717, 1.165) is 16.1 Å². The second-order valence-corrected chi connectivity index (χ2v) is 7.68. The number of pyridine rings is 1. The fourth-order valence-corrected chi connectivity index (χ4v) is 4.42. The van der Waals surface area contributed by atoms with Crippen molar-refractivity contribution >= 4 is 23.2 Å². The summed E-state index contributed by atoms with van der Waals surface area (Å²) < 4.78 is 0. The summed E-state index contributed by atoms with van der Waals surface area (Å²) in [6, 6.07) is 13.0. The number of piperidine rings is 1. The normalized spacial score (nSPS) is 15.9. The highest BCUT2D eigenvalue weighted by atomic mass is 32.1. The quantitative estimate of drug-likeness (QED) is 0.734. The van der Waals surface area contributed by atoms with Crippen LogP contribution in [-0.2, 0) is 10.2 Å². The molecule has 0 saturated carbocycles. The number of benzene rings is 1. The number of hydrogen-bond acceptors (Lipinski definition) is 5. The van der Waals surface area contributed by atoms with Gasteiger partial charge in [-0.3, -0.25) is 14.6 Å². The lowest BCUT2D eigenvalue weighted by molar-refractivity contribution is -0.145. The summed E-state index contributed by atoms with van der Waals surface area (Å²) in [5, 5.41) is 12.4. The van der Waals surface area contributed by atoms with Crippen molar-refractivity contribution in [1.82, 2.24) is 14.9 Å². The Kier molecular flexibility index (Phi) is 4.92. The molecule has 1 aliphatic heterocycles. The van der Waals surface area contributed by atoms with Gasteiger partial charge in [0.15, 0.2) is 0 Å². The summed E-state index contributed by atoms with van der Waals surface area (Å²) in [7, 11) is 0. The molecular formula is C21H19N3O3S. The molecule has 0 radical (unpaired) electrons. The molecule has 0 spiro atoms. The van der Waals surface area contributed by atoms with Crippen LogP contribution in [0.3, 0.4) is 0 Å². The first kappa shape index (κ1) is 18.3. The maximum Gasteiger partial charge on any atom is 0.314 e. The first-order valence-electron chi connectivity index (χ1n) is 9.04. The zero-order valence-electron chi connectivity index (χ0n) is 15.1. The van der Waals surface area contributed by atoms with Gasteiger partial charge in [0.05, 0.1) is 5.41 Å². The van der Waals surface area contributed by atoms with E-state index in [1.807, 2.05) is 42.5 Å². The van der Waals surface area contributed by atoms with Crippen LogP contribution in [0.1, 0.15) is 28.9 Å². The summed E-state index contributed by atoms with van der Waals surface area (Å²) in [6.45, 7) is 0.777. The molecule has 7 heteroatoms. The van der Waals surface area contributed by atoms with Crippen molar-refractivity contribution in [3.05, 3.63) is 71.5 Å². The number of nitrogens with zero attached hydrogens (tertiary/aromatic N) is 3. The van der Waals surface area contributed by atoms with Gasteiger partial charge >= 0.3 is 5.97 Å². The Balaban J connectivity index is 1.50. The summed E-state index contributed by atoms with van der Waals surface area (Å²) in [6.07, 6.45) is 4.18. The van der Waals surface area contributed by atoms with Gasteiger partial charge in [-0.1, -0.05) is 30.3 Å². The molecule has 1 aliphatic rings. The van der Waals surface area contributed by atoms with E-state index in [0.29, 0.717) is 31.6 Å². The molecule has 1 saturated heterocycles. The molecule has 0 bridgehead atoms. The Morgan fingerprint density at radius 1 is 1.07 bits per heavy atom. The third-order valence-corrected chi connectivity index (χ3v) is 6.16. The highest BCUT2D eigenvalue weighted by molar-refractivity contribution is 7.13. The van der Waals surface area contributed by atoms with E-state index in [9.17, 15) is 14.7 Å². The molecule has 1 amide bonds. The molecule has 2 aromatic heterocycles. The number of amides is 1. The van der Waals surface area contributed by atoms with Crippen molar-refractivity contribution in [2.24, 2.45) is 0 Å². The number of aromatic nitrogens is 2. The topological polar surface area (TPSA) is 83.4 Å². The predicted octanol–water partition coefficient (Wildman–Crippen LogP) is 3.46. The minimum absolute atomic E-state index is 0.154. The fraction of sp³-hybridized carbons (Fsp3) is 0.238. The molecule has 6 nitrogen and oxygen atoms in total. The van der Waals surface area contributed by atoms with Crippen molar-refractivity contribution in [1.29, 1.82) is 0 Å². The minimum atomic E-state index is -0.943. The van der Waals surface area contributed by atoms with E-state index < -0.39 is 11.4 Å². The van der Waals surface area contributed by atoms with Crippen LogP contribution in [-0.4, -0.2) is 44.9 Å². The number of rotatable bonds is 4. The smallest absolute Gasteiger partial charge is 0.314 e. The summed E-state index contributed by atoms with van der Waals surface area (Å²) in [4.78, 5) is 35.2. The number of carboxylic acid groups (broad SMARTS) is 1. The molecule has 3 heterocycles. The lowest BCUT2D eigenvalue weighted by Crippen LogP contribution is -2.49. The van der Waals surface area contributed by atoms with Crippen molar-refractivity contribution in [3.63, 3.8) is 0 Å². The van der Waals surface area contributed by atoms with Gasteiger partial charge in [-0.05, 0) is 30.5 Å². The molecule has 1 fully saturated rings. The van der Waals surface area contributed by atoms with Crippen LogP contribution < -0.4 is 0 Å². The van der Waals surface area contributed by atoms with E-state index in [2.05, 4.69) is 9.97 Å². The van der Waals surface area contributed by atoms with Crippen molar-refractivity contribution in [3.8, 4) is 10.6 Å². The molecule has 4 rings (SSSR count). The van der Waals surface area contributed by atoms with E-state index in [-0.39, 0.29) is 5.91 Å². The van der Waals surface area contributed by atoms with Crippen LogP contribution >= 0.6 is 11.3 Å². The Hall–Kier alpha value is -3.06. The number of carbonyl (C=O) groups is 2. The summed E-state index contributed by atoms with van der Waals surface area (Å²) in [5.41, 5.74) is 1.12. The molecule has 1 N–H and O–H groups in total. The first-order valence-corrected chi connectivity index (χ1v) is 9.92. The van der Waals surface area contributed by atoms with E-state index >= 15 is 0 Å². The van der Waals surface area contributed by atoms with Crippen molar-refractivity contribution < 1.29 is 14.7 Å². The van der Waals surface area contributed by atoms with Gasteiger partial charge in [0.25, 0.3) is 5.91 Å². The van der Waals surface area contributed by atoms with Gasteiger partial charge in [0.1, 0.15) is 10.7 Å². The zero-order chi connectivity index (χ0) is 19.6. The number of aliphatic carboxylic acids is 1. The highest BCUT2D eigenvalue weighted by Gasteiger charge is 2.44. The average Bonchev–Trinajstić information content (AvgIpc) is 3.25. The molecule has 3 aromatic rings. The SMILES string of the molecule is O=C(c1csc(-c2cccnc2)n1)N1CCC(C(=O)O)(c2ccccc2)CC1. The van der Waals surface area contributed by atoms with Gasteiger partial charge < -0.3 is 10.0 Å².